The highest BCUT2D eigenvalue weighted by Gasteiger charge is 2.57. The maximum Gasteiger partial charge on any atom is 0.455 e. The molecule has 1 aliphatic carbocycles. The normalized spacial score (nSPS) is 24.8. The Morgan fingerprint density at radius 3 is 2.70 bits per heavy atom. The second-order valence-corrected chi connectivity index (χ2v) is 10.6. The number of phenols is 1. The fraction of sp³-hybridized carbons (Fsp3) is 0.379. The molecule has 0 radical (unpaired) electrons. The third kappa shape index (κ3) is 5.19. The fourth-order valence-corrected chi connectivity index (χ4v) is 6.38. The van der Waals surface area contributed by atoms with Gasteiger partial charge >= 0.3 is 7.12 Å². The van der Waals surface area contributed by atoms with Gasteiger partial charge in [0.2, 0.25) is 11.8 Å². The summed E-state index contributed by atoms with van der Waals surface area (Å²) in [7, 11) is 0.455. The lowest BCUT2D eigenvalue weighted by Gasteiger charge is -2.43. The van der Waals surface area contributed by atoms with Gasteiger partial charge < -0.3 is 19.5 Å². The lowest BCUT2D eigenvalue weighted by molar-refractivity contribution is -0.384. The van der Waals surface area contributed by atoms with E-state index in [0.717, 1.165) is 21.6 Å². The first-order valence-corrected chi connectivity index (χ1v) is 13.3. The Morgan fingerprint density at radius 1 is 1.20 bits per heavy atom. The van der Waals surface area contributed by atoms with Gasteiger partial charge in [0.15, 0.2) is 0 Å². The monoisotopic (exact) mass is 546 g/mol. The van der Waals surface area contributed by atoms with Gasteiger partial charge in [-0.05, 0) is 61.7 Å². The highest BCUT2D eigenvalue weighted by molar-refractivity contribution is 6.43. The number of rotatable bonds is 8. The second kappa shape index (κ2) is 11.4. The summed E-state index contributed by atoms with van der Waals surface area (Å²) in [5.74, 6) is -2.42. The largest absolute Gasteiger partial charge is 0.507 e. The summed E-state index contributed by atoms with van der Waals surface area (Å²) in [6.07, 6.45) is 3.03. The summed E-state index contributed by atoms with van der Waals surface area (Å²) >= 11 is 0. The minimum atomic E-state index is -1.11. The van der Waals surface area contributed by atoms with Crippen molar-refractivity contribution < 1.29 is 34.0 Å². The van der Waals surface area contributed by atoms with Crippen molar-refractivity contribution in [2.45, 2.75) is 38.6 Å². The van der Waals surface area contributed by atoms with Crippen LogP contribution in [0.25, 0.3) is 6.08 Å². The molecule has 10 nitrogen and oxygen atoms in total. The number of aromatic hydroxyl groups is 1. The van der Waals surface area contributed by atoms with E-state index >= 15 is 0 Å². The highest BCUT2D eigenvalue weighted by Crippen LogP contribution is 2.51. The van der Waals surface area contributed by atoms with Crippen molar-refractivity contribution in [3.05, 3.63) is 80.9 Å². The standard InChI is InChI=1S/C29H31BN2O8/c1-17(12-18-6-3-4-9-24(18)33)10-11-25-26-19(16-39-2)13-22-27(23(26)15-30(36)40-25)29(35)31(28(22)34)20-7-5-8-21(14-20)32(37)38/h3-9,12,14,22-23,25,27,33,36H,10-11,13,15-16H2,1-2H3/b17-12+/t22-,23+,25-,27-/m1/s1. The Balaban J connectivity index is 1.44. The summed E-state index contributed by atoms with van der Waals surface area (Å²) in [5.41, 5.74) is 3.45. The van der Waals surface area contributed by atoms with Crippen molar-refractivity contribution in [3.8, 4) is 5.75 Å². The van der Waals surface area contributed by atoms with Crippen molar-refractivity contribution >= 4 is 36.4 Å². The zero-order valence-corrected chi connectivity index (χ0v) is 22.4. The molecular weight excluding hydrogens is 515 g/mol. The number of fused-ring (bicyclic) bond motifs is 3. The lowest BCUT2D eigenvalue weighted by Crippen LogP contribution is -2.46. The highest BCUT2D eigenvalue weighted by atomic mass is 16.6. The first kappa shape index (κ1) is 27.8. The Morgan fingerprint density at radius 2 is 1.98 bits per heavy atom. The molecule has 2 fully saturated rings. The lowest BCUT2D eigenvalue weighted by atomic mass is 9.58. The number of hydrogen-bond donors (Lipinski definition) is 2. The van der Waals surface area contributed by atoms with Gasteiger partial charge in [-0.3, -0.25) is 19.7 Å². The SMILES string of the molecule is COCC1=C2[C@@H](CC/C(C)=C/c3ccccc3O)OB(O)C[C@@H]2[C@@H]2C(=O)N(c3cccc([N+](=O)[O-])c3)C(=O)[C@@H]2C1. The maximum absolute atomic E-state index is 13.8. The molecule has 4 atom stereocenters. The number of phenolic OH excluding ortho intramolecular Hbond substituents is 1. The Bertz CT molecular complexity index is 1410. The molecular formula is C29H31BN2O8. The van der Waals surface area contributed by atoms with Gasteiger partial charge in [0.25, 0.3) is 5.69 Å². The number of carbonyl (C=O) groups is 2. The number of anilines is 1. The molecule has 0 unspecified atom stereocenters. The van der Waals surface area contributed by atoms with Crippen LogP contribution in [0.3, 0.4) is 0 Å². The predicted molar refractivity (Wildman–Crippen MR) is 148 cm³/mol. The summed E-state index contributed by atoms with van der Waals surface area (Å²) in [5, 5.41) is 32.2. The quantitative estimate of drug-likeness (QED) is 0.166. The molecule has 2 aromatic rings. The fourth-order valence-electron chi connectivity index (χ4n) is 6.38. The number of nitrogens with zero attached hydrogens (tertiary/aromatic N) is 2. The molecule has 2 aliphatic heterocycles. The van der Waals surface area contributed by atoms with Crippen LogP contribution in [0.1, 0.15) is 31.7 Å². The number of amides is 2. The number of allylic oxidation sites excluding steroid dienone is 1. The van der Waals surface area contributed by atoms with Crippen molar-refractivity contribution in [2.75, 3.05) is 18.6 Å². The Labute approximate surface area is 232 Å². The van der Waals surface area contributed by atoms with Crippen LogP contribution in [0.4, 0.5) is 11.4 Å². The van der Waals surface area contributed by atoms with Crippen molar-refractivity contribution in [1.82, 2.24) is 0 Å². The molecule has 2 saturated heterocycles. The van der Waals surface area contributed by atoms with Crippen LogP contribution in [-0.4, -0.2) is 53.8 Å². The van der Waals surface area contributed by atoms with Crippen LogP contribution in [0, 0.1) is 27.9 Å². The van der Waals surface area contributed by atoms with Gasteiger partial charge in [0.1, 0.15) is 5.75 Å². The Kier molecular flexibility index (Phi) is 7.89. The summed E-state index contributed by atoms with van der Waals surface area (Å²) in [6, 6.07) is 12.6. The molecule has 0 spiro atoms. The van der Waals surface area contributed by atoms with E-state index < -0.39 is 47.7 Å². The molecule has 2 aromatic carbocycles. The summed E-state index contributed by atoms with van der Waals surface area (Å²) < 4.78 is 11.5. The van der Waals surface area contributed by atoms with Gasteiger partial charge in [-0.2, -0.15) is 0 Å². The minimum Gasteiger partial charge on any atom is -0.507 e. The molecule has 11 heteroatoms. The second-order valence-electron chi connectivity index (χ2n) is 10.6. The number of nitro benzene ring substituents is 1. The average Bonchev–Trinajstić information content (AvgIpc) is 3.18. The third-order valence-electron chi connectivity index (χ3n) is 8.06. The number of nitro groups is 1. The van der Waals surface area contributed by atoms with Gasteiger partial charge in [-0.15, -0.1) is 0 Å². The van der Waals surface area contributed by atoms with E-state index in [9.17, 15) is 29.8 Å². The molecule has 208 valence electrons. The molecule has 2 N–H and O–H groups in total. The first-order chi connectivity index (χ1) is 19.2. The maximum atomic E-state index is 13.8. The number of ether oxygens (including phenoxy) is 1. The molecule has 0 saturated carbocycles. The number of para-hydroxylation sites is 1. The number of methoxy groups -OCH3 is 1. The van der Waals surface area contributed by atoms with E-state index in [2.05, 4.69) is 0 Å². The predicted octanol–water partition coefficient (Wildman–Crippen LogP) is 4.13. The number of hydrogen-bond acceptors (Lipinski definition) is 8. The molecule has 0 bridgehead atoms. The smallest absolute Gasteiger partial charge is 0.455 e. The zero-order chi connectivity index (χ0) is 28.6. The van der Waals surface area contributed by atoms with Crippen LogP contribution in [-0.2, 0) is 19.0 Å². The Hall–Kier alpha value is -3.80. The molecule has 0 aromatic heterocycles. The van der Waals surface area contributed by atoms with E-state index in [1.807, 2.05) is 25.1 Å². The number of benzene rings is 2. The number of imide groups is 1. The van der Waals surface area contributed by atoms with E-state index in [0.29, 0.717) is 24.8 Å². The molecule has 2 amide bonds. The number of carbonyl (C=O) groups excluding carboxylic acids is 2. The van der Waals surface area contributed by atoms with Crippen LogP contribution >= 0.6 is 0 Å². The van der Waals surface area contributed by atoms with Gasteiger partial charge in [0, 0.05) is 24.8 Å². The van der Waals surface area contributed by atoms with Gasteiger partial charge in [0.05, 0.1) is 35.2 Å². The number of non-ortho nitro benzene ring substituents is 1. The van der Waals surface area contributed by atoms with Crippen molar-refractivity contribution in [1.29, 1.82) is 0 Å². The molecule has 3 aliphatic rings. The zero-order valence-electron chi connectivity index (χ0n) is 22.4. The van der Waals surface area contributed by atoms with Crippen LogP contribution in [0.5, 0.6) is 5.75 Å². The topological polar surface area (TPSA) is 139 Å². The van der Waals surface area contributed by atoms with Crippen molar-refractivity contribution in [3.63, 3.8) is 0 Å². The average molecular weight is 546 g/mol. The van der Waals surface area contributed by atoms with Crippen LogP contribution < -0.4 is 4.90 Å². The summed E-state index contributed by atoms with van der Waals surface area (Å²) in [6.45, 7) is 2.22. The molecule has 5 rings (SSSR count). The van der Waals surface area contributed by atoms with E-state index in [1.54, 1.807) is 19.2 Å². The molecule has 40 heavy (non-hydrogen) atoms. The first-order valence-electron chi connectivity index (χ1n) is 13.3. The van der Waals surface area contributed by atoms with E-state index in [4.69, 9.17) is 9.39 Å². The van der Waals surface area contributed by atoms with Gasteiger partial charge in [-0.25, -0.2) is 4.90 Å². The summed E-state index contributed by atoms with van der Waals surface area (Å²) in [4.78, 5) is 39.2. The third-order valence-corrected chi connectivity index (χ3v) is 8.06. The van der Waals surface area contributed by atoms with E-state index in [1.165, 1.54) is 24.3 Å². The van der Waals surface area contributed by atoms with Crippen LogP contribution in [0.2, 0.25) is 6.32 Å². The molecule has 2 heterocycles. The van der Waals surface area contributed by atoms with Crippen LogP contribution in [0.15, 0.2) is 65.3 Å². The van der Waals surface area contributed by atoms with E-state index in [-0.39, 0.29) is 30.1 Å². The van der Waals surface area contributed by atoms with Gasteiger partial charge in [-0.1, -0.05) is 35.9 Å². The minimum absolute atomic E-state index is 0.161. The van der Waals surface area contributed by atoms with Crippen molar-refractivity contribution in [2.24, 2.45) is 17.8 Å².